The highest BCUT2D eigenvalue weighted by Crippen LogP contribution is 2.38. The topological polar surface area (TPSA) is 54.0 Å². The first-order valence-electron chi connectivity index (χ1n) is 8.92. The highest BCUT2D eigenvalue weighted by atomic mass is 16.5. The summed E-state index contributed by atoms with van der Waals surface area (Å²) in [6.45, 7) is 0. The molecule has 4 rings (SSSR count). The van der Waals surface area contributed by atoms with Gasteiger partial charge in [0.2, 0.25) is 0 Å². The lowest BCUT2D eigenvalue weighted by atomic mass is 10.0. The van der Waals surface area contributed by atoms with Gasteiger partial charge in [0.1, 0.15) is 11.5 Å². The minimum Gasteiger partial charge on any atom is -0.501 e. The molecule has 0 radical (unpaired) electrons. The number of fused-ring (bicyclic) bond motifs is 7. The van der Waals surface area contributed by atoms with E-state index < -0.39 is 0 Å². The van der Waals surface area contributed by atoms with Crippen LogP contribution in [0.2, 0.25) is 0 Å². The summed E-state index contributed by atoms with van der Waals surface area (Å²) in [7, 11) is 4.79. The van der Waals surface area contributed by atoms with Gasteiger partial charge in [-0.1, -0.05) is 12.1 Å². The maximum atomic E-state index is 12.4. The van der Waals surface area contributed by atoms with Gasteiger partial charge in [0.15, 0.2) is 17.3 Å². The van der Waals surface area contributed by atoms with Crippen LogP contribution in [-0.2, 0) is 22.4 Å². The van der Waals surface area contributed by atoms with Crippen molar-refractivity contribution in [3.8, 4) is 23.0 Å². The molecule has 0 saturated carbocycles. The highest BCUT2D eigenvalue weighted by Gasteiger charge is 2.15. The first-order valence-corrected chi connectivity index (χ1v) is 8.92. The summed E-state index contributed by atoms with van der Waals surface area (Å²) >= 11 is 0. The van der Waals surface area contributed by atoms with E-state index in [1.54, 1.807) is 33.5 Å². The van der Waals surface area contributed by atoms with Crippen molar-refractivity contribution >= 4 is 5.78 Å². The van der Waals surface area contributed by atoms with E-state index in [0.29, 0.717) is 42.3 Å². The number of hydrogen-bond acceptors (Lipinski definition) is 5. The van der Waals surface area contributed by atoms with E-state index in [2.05, 4.69) is 0 Å². The second-order valence-corrected chi connectivity index (χ2v) is 6.34. The Labute approximate surface area is 159 Å². The largest absolute Gasteiger partial charge is 0.501 e. The van der Waals surface area contributed by atoms with E-state index in [9.17, 15) is 4.79 Å². The number of methoxy groups -OCH3 is 3. The quantitative estimate of drug-likeness (QED) is 0.800. The maximum absolute atomic E-state index is 12.4. The standard InChI is InChI=1S/C22H24O5/c1-24-19-11-6-15-4-9-18(10-5-15)27-22-12-16(7-8-17(23)13-19)20(25-2)14-21(22)26-3/h4-5,9-10,12-14H,6-8,11H2,1-3H3/b19-13-. The summed E-state index contributed by atoms with van der Waals surface area (Å²) in [4.78, 5) is 12.4. The van der Waals surface area contributed by atoms with Gasteiger partial charge < -0.3 is 18.9 Å². The van der Waals surface area contributed by atoms with E-state index in [1.165, 1.54) is 0 Å². The molecule has 5 heteroatoms. The molecule has 4 bridgehead atoms. The molecular formula is C22H24O5. The van der Waals surface area contributed by atoms with E-state index >= 15 is 0 Å². The molecule has 0 unspecified atom stereocenters. The van der Waals surface area contributed by atoms with Gasteiger partial charge in [-0.3, -0.25) is 4.79 Å². The molecule has 0 amide bonds. The molecule has 2 aliphatic rings. The Morgan fingerprint density at radius 2 is 1.56 bits per heavy atom. The van der Waals surface area contributed by atoms with Crippen molar-refractivity contribution < 1.29 is 23.7 Å². The minimum absolute atomic E-state index is 0.0248. The van der Waals surface area contributed by atoms with Crippen LogP contribution in [0.3, 0.4) is 0 Å². The summed E-state index contributed by atoms with van der Waals surface area (Å²) in [6.07, 6.45) is 3.96. The van der Waals surface area contributed by atoms with Crippen LogP contribution in [0.25, 0.3) is 0 Å². The molecule has 0 aromatic heterocycles. The Kier molecular flexibility index (Phi) is 6.01. The van der Waals surface area contributed by atoms with Gasteiger partial charge in [0, 0.05) is 25.0 Å². The first kappa shape index (κ1) is 18.8. The van der Waals surface area contributed by atoms with Crippen molar-refractivity contribution in [3.05, 3.63) is 59.4 Å². The van der Waals surface area contributed by atoms with Gasteiger partial charge >= 0.3 is 0 Å². The lowest BCUT2D eigenvalue weighted by Gasteiger charge is -2.15. The predicted octanol–water partition coefficient (Wildman–Crippen LogP) is 4.47. The van der Waals surface area contributed by atoms with E-state index in [4.69, 9.17) is 18.9 Å². The zero-order valence-electron chi connectivity index (χ0n) is 15.9. The van der Waals surface area contributed by atoms with Gasteiger partial charge in [-0.15, -0.1) is 0 Å². The molecule has 0 fully saturated rings. The Morgan fingerprint density at radius 3 is 2.22 bits per heavy atom. The lowest BCUT2D eigenvalue weighted by molar-refractivity contribution is -0.114. The Hall–Kier alpha value is -2.95. The van der Waals surface area contributed by atoms with Gasteiger partial charge in [-0.25, -0.2) is 0 Å². The summed E-state index contributed by atoms with van der Waals surface area (Å²) in [6, 6.07) is 11.6. The van der Waals surface area contributed by atoms with Crippen molar-refractivity contribution in [1.82, 2.24) is 0 Å². The average molecular weight is 368 g/mol. The third-order valence-electron chi connectivity index (χ3n) is 4.60. The molecule has 0 atom stereocenters. The van der Waals surface area contributed by atoms with Crippen LogP contribution in [-0.4, -0.2) is 27.1 Å². The number of aryl methyl sites for hydroxylation is 2. The van der Waals surface area contributed by atoms with E-state index in [1.807, 2.05) is 30.3 Å². The van der Waals surface area contributed by atoms with E-state index in [0.717, 1.165) is 23.3 Å². The zero-order chi connectivity index (χ0) is 19.2. The summed E-state index contributed by atoms with van der Waals surface area (Å²) in [5.74, 6) is 3.28. The fourth-order valence-electron chi connectivity index (χ4n) is 3.07. The Morgan fingerprint density at radius 1 is 0.815 bits per heavy atom. The molecule has 2 aromatic rings. The molecule has 2 aliphatic heterocycles. The molecule has 5 nitrogen and oxygen atoms in total. The van der Waals surface area contributed by atoms with E-state index in [-0.39, 0.29) is 5.78 Å². The second-order valence-electron chi connectivity index (χ2n) is 6.34. The normalized spacial score (nSPS) is 16.4. The number of carbonyl (C=O) groups excluding carboxylic acids is 1. The molecule has 2 heterocycles. The zero-order valence-corrected chi connectivity index (χ0v) is 15.9. The van der Waals surface area contributed by atoms with Crippen molar-refractivity contribution in [3.63, 3.8) is 0 Å². The molecular weight excluding hydrogens is 344 g/mol. The molecule has 0 aliphatic carbocycles. The molecule has 0 N–H and O–H groups in total. The molecule has 0 spiro atoms. The van der Waals surface area contributed by atoms with Crippen LogP contribution in [0, 0.1) is 0 Å². The van der Waals surface area contributed by atoms with Gasteiger partial charge in [-0.05, 0) is 42.2 Å². The van der Waals surface area contributed by atoms with Crippen LogP contribution >= 0.6 is 0 Å². The van der Waals surface area contributed by atoms with Crippen LogP contribution in [0.15, 0.2) is 48.2 Å². The number of ether oxygens (including phenoxy) is 4. The highest BCUT2D eigenvalue weighted by molar-refractivity contribution is 5.90. The predicted molar refractivity (Wildman–Crippen MR) is 103 cm³/mol. The summed E-state index contributed by atoms with van der Waals surface area (Å²) in [5.41, 5.74) is 2.04. The number of hydrogen-bond donors (Lipinski definition) is 0. The number of allylic oxidation sites excluding steroid dienone is 2. The van der Waals surface area contributed by atoms with Gasteiger partial charge in [0.05, 0.1) is 27.1 Å². The van der Waals surface area contributed by atoms with Crippen LogP contribution in [0.1, 0.15) is 24.0 Å². The SMILES string of the molecule is CO/C1=C\C(=O)CCc2cc(c(OC)cc2OC)Oc2ccc(cc2)CC1. The molecule has 142 valence electrons. The number of carbonyl (C=O) groups is 1. The smallest absolute Gasteiger partial charge is 0.169 e. The van der Waals surface area contributed by atoms with Gasteiger partial charge in [-0.2, -0.15) is 0 Å². The van der Waals surface area contributed by atoms with Crippen molar-refractivity contribution in [2.45, 2.75) is 25.7 Å². The second kappa shape index (κ2) is 8.62. The Bertz CT molecular complexity index is 837. The molecule has 0 saturated heterocycles. The summed E-state index contributed by atoms with van der Waals surface area (Å²) < 4.78 is 22.3. The third-order valence-corrected chi connectivity index (χ3v) is 4.60. The fraction of sp³-hybridized carbons (Fsp3) is 0.318. The van der Waals surface area contributed by atoms with Crippen LogP contribution < -0.4 is 14.2 Å². The van der Waals surface area contributed by atoms with Crippen molar-refractivity contribution in [2.24, 2.45) is 0 Å². The number of benzene rings is 2. The minimum atomic E-state index is 0.0248. The van der Waals surface area contributed by atoms with Crippen LogP contribution in [0.4, 0.5) is 0 Å². The fourth-order valence-corrected chi connectivity index (χ4v) is 3.07. The monoisotopic (exact) mass is 368 g/mol. The summed E-state index contributed by atoms with van der Waals surface area (Å²) in [5, 5.41) is 0. The first-order chi connectivity index (χ1) is 13.1. The number of ketones is 1. The number of rotatable bonds is 3. The molecule has 2 aromatic carbocycles. The lowest BCUT2D eigenvalue weighted by Crippen LogP contribution is -2.02. The van der Waals surface area contributed by atoms with Crippen LogP contribution in [0.5, 0.6) is 23.0 Å². The third kappa shape index (κ3) is 4.61. The molecule has 27 heavy (non-hydrogen) atoms. The van der Waals surface area contributed by atoms with Gasteiger partial charge in [0.25, 0.3) is 0 Å². The Balaban J connectivity index is 2.03. The maximum Gasteiger partial charge on any atom is 0.169 e. The van der Waals surface area contributed by atoms with Crippen molar-refractivity contribution in [1.29, 1.82) is 0 Å². The van der Waals surface area contributed by atoms with Crippen molar-refractivity contribution in [2.75, 3.05) is 21.3 Å². The average Bonchev–Trinajstić information content (AvgIpc) is 2.70.